The van der Waals surface area contributed by atoms with Gasteiger partial charge in [0.05, 0.1) is 0 Å². The zero-order valence-corrected chi connectivity index (χ0v) is 9.90. The van der Waals surface area contributed by atoms with Gasteiger partial charge in [0, 0.05) is 12.8 Å². The van der Waals surface area contributed by atoms with Crippen molar-refractivity contribution < 1.29 is 9.59 Å². The van der Waals surface area contributed by atoms with Crippen LogP contribution in [0.15, 0.2) is 0 Å². The van der Waals surface area contributed by atoms with Gasteiger partial charge in [0.25, 0.3) is 0 Å². The SMILES string of the molecule is CCC(CCCC(=O)Cl)CCC(=O)Cl. The molecule has 0 rings (SSSR count). The molecule has 0 aromatic carbocycles. The van der Waals surface area contributed by atoms with E-state index in [-0.39, 0.29) is 10.5 Å². The van der Waals surface area contributed by atoms with Crippen LogP contribution in [0.5, 0.6) is 0 Å². The van der Waals surface area contributed by atoms with E-state index in [1.807, 2.05) is 0 Å². The molecule has 0 spiro atoms. The fourth-order valence-electron chi connectivity index (χ4n) is 1.40. The lowest BCUT2D eigenvalue weighted by molar-refractivity contribution is -0.113. The van der Waals surface area contributed by atoms with Gasteiger partial charge in [-0.1, -0.05) is 13.3 Å². The van der Waals surface area contributed by atoms with Crippen molar-refractivity contribution in [2.75, 3.05) is 0 Å². The van der Waals surface area contributed by atoms with Crippen LogP contribution >= 0.6 is 23.2 Å². The van der Waals surface area contributed by atoms with Crippen LogP contribution in [0.25, 0.3) is 0 Å². The lowest BCUT2D eigenvalue weighted by atomic mass is 9.94. The van der Waals surface area contributed by atoms with Crippen molar-refractivity contribution in [2.45, 2.75) is 45.4 Å². The fourth-order valence-corrected chi connectivity index (χ4v) is 1.64. The Bertz CT molecular complexity index is 193. The quantitative estimate of drug-likeness (QED) is 0.607. The highest BCUT2D eigenvalue weighted by atomic mass is 35.5. The summed E-state index contributed by atoms with van der Waals surface area (Å²) >= 11 is 10.5. The summed E-state index contributed by atoms with van der Waals surface area (Å²) in [5, 5.41) is -0.565. The van der Waals surface area contributed by atoms with E-state index in [0.717, 1.165) is 25.7 Å². The summed E-state index contributed by atoms with van der Waals surface area (Å²) in [5.74, 6) is 0.480. The van der Waals surface area contributed by atoms with Gasteiger partial charge in [-0.05, 0) is 48.4 Å². The molecule has 0 aliphatic heterocycles. The first-order valence-electron chi connectivity index (χ1n) is 4.93. The summed E-state index contributed by atoms with van der Waals surface area (Å²) < 4.78 is 0. The van der Waals surface area contributed by atoms with Gasteiger partial charge in [0.15, 0.2) is 0 Å². The molecular formula is C10H16Cl2O2. The van der Waals surface area contributed by atoms with E-state index in [0.29, 0.717) is 18.8 Å². The highest BCUT2D eigenvalue weighted by Gasteiger charge is 2.08. The summed E-state index contributed by atoms with van der Waals surface area (Å²) in [4.78, 5) is 21.0. The highest BCUT2D eigenvalue weighted by Crippen LogP contribution is 2.19. The number of carbonyl (C=O) groups is 2. The number of carbonyl (C=O) groups excluding carboxylic acids is 2. The molecule has 0 aromatic heterocycles. The number of hydrogen-bond donors (Lipinski definition) is 0. The zero-order valence-electron chi connectivity index (χ0n) is 8.39. The van der Waals surface area contributed by atoms with Gasteiger partial charge in [-0.3, -0.25) is 9.59 Å². The third-order valence-corrected chi connectivity index (χ3v) is 2.69. The van der Waals surface area contributed by atoms with Gasteiger partial charge in [0.2, 0.25) is 10.5 Å². The Morgan fingerprint density at radius 3 is 2.07 bits per heavy atom. The molecule has 0 aliphatic carbocycles. The minimum Gasteiger partial charge on any atom is -0.281 e. The van der Waals surface area contributed by atoms with Crippen molar-refractivity contribution >= 4 is 33.7 Å². The molecule has 0 fully saturated rings. The molecule has 1 unspecified atom stereocenters. The predicted molar refractivity (Wildman–Crippen MR) is 58.6 cm³/mol. The average Bonchev–Trinajstić information content (AvgIpc) is 2.10. The van der Waals surface area contributed by atoms with Crippen molar-refractivity contribution in [2.24, 2.45) is 5.92 Å². The third-order valence-electron chi connectivity index (χ3n) is 2.31. The average molecular weight is 239 g/mol. The number of rotatable bonds is 8. The summed E-state index contributed by atoms with van der Waals surface area (Å²) in [6.45, 7) is 2.08. The molecule has 82 valence electrons. The molecular weight excluding hydrogens is 223 g/mol. The summed E-state index contributed by atoms with van der Waals surface area (Å²) in [6, 6.07) is 0. The molecule has 2 nitrogen and oxygen atoms in total. The van der Waals surface area contributed by atoms with Crippen LogP contribution in [0, 0.1) is 5.92 Å². The van der Waals surface area contributed by atoms with Gasteiger partial charge in [-0.15, -0.1) is 0 Å². The smallest absolute Gasteiger partial charge is 0.221 e. The minimum atomic E-state index is -0.284. The monoisotopic (exact) mass is 238 g/mol. The topological polar surface area (TPSA) is 34.1 Å². The van der Waals surface area contributed by atoms with Crippen molar-refractivity contribution in [1.82, 2.24) is 0 Å². The maximum absolute atomic E-state index is 10.5. The molecule has 0 heterocycles. The van der Waals surface area contributed by atoms with Crippen LogP contribution in [0.4, 0.5) is 0 Å². The van der Waals surface area contributed by atoms with E-state index >= 15 is 0 Å². The van der Waals surface area contributed by atoms with E-state index in [9.17, 15) is 9.59 Å². The lowest BCUT2D eigenvalue weighted by Crippen LogP contribution is -2.02. The first-order valence-corrected chi connectivity index (χ1v) is 5.68. The summed E-state index contributed by atoms with van der Waals surface area (Å²) in [5.41, 5.74) is 0. The molecule has 14 heavy (non-hydrogen) atoms. The van der Waals surface area contributed by atoms with Crippen LogP contribution in [0.3, 0.4) is 0 Å². The zero-order chi connectivity index (χ0) is 11.0. The number of hydrogen-bond acceptors (Lipinski definition) is 2. The molecule has 0 amide bonds. The summed E-state index contributed by atoms with van der Waals surface area (Å²) in [7, 11) is 0. The Morgan fingerprint density at radius 1 is 1.07 bits per heavy atom. The van der Waals surface area contributed by atoms with Crippen molar-refractivity contribution in [3.05, 3.63) is 0 Å². The van der Waals surface area contributed by atoms with Crippen molar-refractivity contribution in [3.63, 3.8) is 0 Å². The third kappa shape index (κ3) is 8.52. The van der Waals surface area contributed by atoms with Crippen LogP contribution in [0.2, 0.25) is 0 Å². The Morgan fingerprint density at radius 2 is 1.64 bits per heavy atom. The minimum absolute atomic E-state index is 0.281. The second-order valence-corrected chi connectivity index (χ2v) is 4.26. The Labute approximate surface area is 95.0 Å². The maximum Gasteiger partial charge on any atom is 0.221 e. The molecule has 0 aliphatic rings. The second-order valence-electron chi connectivity index (χ2n) is 3.42. The van der Waals surface area contributed by atoms with Crippen LogP contribution < -0.4 is 0 Å². The van der Waals surface area contributed by atoms with Gasteiger partial charge >= 0.3 is 0 Å². The van der Waals surface area contributed by atoms with Gasteiger partial charge in [-0.2, -0.15) is 0 Å². The fraction of sp³-hybridized carbons (Fsp3) is 0.800. The first kappa shape index (κ1) is 13.9. The second kappa shape index (κ2) is 8.25. The molecule has 0 aromatic rings. The molecule has 0 saturated heterocycles. The van der Waals surface area contributed by atoms with E-state index in [2.05, 4.69) is 6.92 Å². The Balaban J connectivity index is 3.57. The highest BCUT2D eigenvalue weighted by molar-refractivity contribution is 6.63. The van der Waals surface area contributed by atoms with Gasteiger partial charge in [0.1, 0.15) is 0 Å². The first-order chi connectivity index (χ1) is 6.56. The Kier molecular flexibility index (Phi) is 8.20. The molecule has 0 saturated carbocycles. The van der Waals surface area contributed by atoms with Crippen LogP contribution in [0.1, 0.15) is 45.4 Å². The molecule has 0 bridgehead atoms. The molecule has 4 heteroatoms. The lowest BCUT2D eigenvalue weighted by Gasteiger charge is -2.12. The summed E-state index contributed by atoms with van der Waals surface area (Å²) in [6.07, 6.45) is 4.42. The van der Waals surface area contributed by atoms with E-state index < -0.39 is 0 Å². The number of halogens is 2. The van der Waals surface area contributed by atoms with Crippen LogP contribution in [-0.2, 0) is 9.59 Å². The molecule has 0 radical (unpaired) electrons. The Hall–Kier alpha value is -0.0800. The standard InChI is InChI=1S/C10H16Cl2O2/c1-2-8(6-7-10(12)14)4-3-5-9(11)13/h8H,2-7H2,1H3. The van der Waals surface area contributed by atoms with Crippen LogP contribution in [-0.4, -0.2) is 10.5 Å². The predicted octanol–water partition coefficient (Wildman–Crippen LogP) is 3.49. The largest absolute Gasteiger partial charge is 0.281 e. The van der Waals surface area contributed by atoms with E-state index in [1.54, 1.807) is 0 Å². The molecule has 0 N–H and O–H groups in total. The maximum atomic E-state index is 10.5. The van der Waals surface area contributed by atoms with E-state index in [1.165, 1.54) is 0 Å². The van der Waals surface area contributed by atoms with E-state index in [4.69, 9.17) is 23.2 Å². The molecule has 1 atom stereocenters. The van der Waals surface area contributed by atoms with Gasteiger partial charge < -0.3 is 0 Å². The normalized spacial score (nSPS) is 12.5. The van der Waals surface area contributed by atoms with Gasteiger partial charge in [-0.25, -0.2) is 0 Å². The van der Waals surface area contributed by atoms with Crippen molar-refractivity contribution in [3.8, 4) is 0 Å². The van der Waals surface area contributed by atoms with Crippen molar-refractivity contribution in [1.29, 1.82) is 0 Å².